The molecule has 0 bridgehead atoms. The number of anilines is 1. The Bertz CT molecular complexity index is 940. The minimum absolute atomic E-state index is 0.0263. The number of nitrogens with one attached hydrogen (secondary N) is 2. The maximum atomic E-state index is 14.1. The lowest BCUT2D eigenvalue weighted by Gasteiger charge is -2.36. The SMILES string of the molecule is CC(C)CC1CC(C2=C(C3CC3)C(C(CC(=O)O)CC(=O)Nc3ccc(Cl)cc3F)NO2)C1. The van der Waals surface area contributed by atoms with Crippen LogP contribution in [0.5, 0.6) is 0 Å². The van der Waals surface area contributed by atoms with Crippen LogP contribution in [0.25, 0.3) is 0 Å². The normalized spacial score (nSPS) is 25.5. The predicted molar refractivity (Wildman–Crippen MR) is 124 cm³/mol. The number of rotatable bonds is 10. The fourth-order valence-electron chi connectivity index (χ4n) is 5.29. The molecule has 3 aliphatic rings. The van der Waals surface area contributed by atoms with Crippen LogP contribution in [0.1, 0.15) is 58.8 Å². The third-order valence-electron chi connectivity index (χ3n) is 6.90. The van der Waals surface area contributed by atoms with Crippen molar-refractivity contribution in [1.29, 1.82) is 0 Å². The number of hydroxylamine groups is 1. The number of aliphatic carboxylic acids is 1. The summed E-state index contributed by atoms with van der Waals surface area (Å²) in [4.78, 5) is 30.3. The predicted octanol–water partition coefficient (Wildman–Crippen LogP) is 5.54. The van der Waals surface area contributed by atoms with E-state index in [1.54, 1.807) is 0 Å². The molecule has 2 aliphatic carbocycles. The monoisotopic (exact) mass is 478 g/mol. The molecule has 2 saturated carbocycles. The van der Waals surface area contributed by atoms with Gasteiger partial charge in [-0.25, -0.2) is 4.39 Å². The summed E-state index contributed by atoms with van der Waals surface area (Å²) >= 11 is 5.78. The van der Waals surface area contributed by atoms with E-state index in [9.17, 15) is 19.1 Å². The molecule has 0 aromatic heterocycles. The molecule has 1 amide bonds. The van der Waals surface area contributed by atoms with E-state index in [1.807, 2.05) is 0 Å². The number of carbonyl (C=O) groups is 2. The van der Waals surface area contributed by atoms with Crippen LogP contribution in [0.4, 0.5) is 10.1 Å². The minimum atomic E-state index is -0.975. The van der Waals surface area contributed by atoms with Crippen molar-refractivity contribution in [2.24, 2.45) is 29.6 Å². The zero-order chi connectivity index (χ0) is 23.7. The smallest absolute Gasteiger partial charge is 0.303 e. The van der Waals surface area contributed by atoms with Crippen molar-refractivity contribution in [3.8, 4) is 0 Å². The molecule has 1 aromatic carbocycles. The molecule has 0 radical (unpaired) electrons. The van der Waals surface area contributed by atoms with Gasteiger partial charge in [0.15, 0.2) is 0 Å². The molecule has 2 fully saturated rings. The lowest BCUT2D eigenvalue weighted by Crippen LogP contribution is -2.37. The van der Waals surface area contributed by atoms with Gasteiger partial charge >= 0.3 is 5.97 Å². The van der Waals surface area contributed by atoms with E-state index < -0.39 is 23.6 Å². The summed E-state index contributed by atoms with van der Waals surface area (Å²) in [5.74, 6) is 0.563. The van der Waals surface area contributed by atoms with E-state index in [2.05, 4.69) is 24.6 Å². The summed E-state index contributed by atoms with van der Waals surface area (Å²) in [5.41, 5.74) is 4.25. The van der Waals surface area contributed by atoms with E-state index in [0.717, 1.165) is 43.1 Å². The molecule has 0 saturated heterocycles. The van der Waals surface area contributed by atoms with Gasteiger partial charge in [-0.05, 0) is 73.6 Å². The van der Waals surface area contributed by atoms with E-state index in [-0.39, 0.29) is 29.6 Å². The topological polar surface area (TPSA) is 87.7 Å². The maximum Gasteiger partial charge on any atom is 0.303 e. The van der Waals surface area contributed by atoms with Crippen LogP contribution in [-0.2, 0) is 14.4 Å². The van der Waals surface area contributed by atoms with Crippen molar-refractivity contribution >= 4 is 29.2 Å². The molecule has 1 aliphatic heterocycles. The van der Waals surface area contributed by atoms with Crippen LogP contribution >= 0.6 is 11.6 Å². The number of allylic oxidation sites excluding steroid dienone is 1. The molecular weight excluding hydrogens is 447 g/mol. The minimum Gasteiger partial charge on any atom is -0.481 e. The largest absolute Gasteiger partial charge is 0.481 e. The zero-order valence-corrected chi connectivity index (χ0v) is 19.8. The van der Waals surface area contributed by atoms with Crippen molar-refractivity contribution in [1.82, 2.24) is 5.48 Å². The summed E-state index contributed by atoms with van der Waals surface area (Å²) in [5, 5.41) is 12.3. The highest BCUT2D eigenvalue weighted by Gasteiger charge is 2.47. The second-order valence-corrected chi connectivity index (χ2v) is 10.6. The first-order valence-electron chi connectivity index (χ1n) is 11.8. The standard InChI is InChI=1S/C25H32ClFN2O4/c1-13(2)7-14-8-17(9-14)25-23(15-3-4-15)24(29-33-25)16(11-22(31)32)10-21(30)28-20-6-5-18(26)12-19(20)27/h5-6,12-17,24,29H,3-4,7-11H2,1-2H3,(H,28,30)(H,31,32). The molecule has 33 heavy (non-hydrogen) atoms. The molecule has 180 valence electrons. The fourth-order valence-corrected chi connectivity index (χ4v) is 5.45. The first-order chi connectivity index (χ1) is 15.7. The van der Waals surface area contributed by atoms with Crippen molar-refractivity contribution < 1.29 is 23.9 Å². The Morgan fingerprint density at radius 3 is 2.58 bits per heavy atom. The Hall–Kier alpha value is -2.12. The second kappa shape index (κ2) is 10.0. The summed E-state index contributed by atoms with van der Waals surface area (Å²) in [6.45, 7) is 4.48. The summed E-state index contributed by atoms with van der Waals surface area (Å²) in [6, 6.07) is 3.70. The molecule has 2 atom stereocenters. The van der Waals surface area contributed by atoms with Crippen molar-refractivity contribution in [3.05, 3.63) is 40.4 Å². The Kier molecular flexibility index (Phi) is 7.29. The van der Waals surface area contributed by atoms with Gasteiger partial charge in [-0.15, -0.1) is 5.48 Å². The van der Waals surface area contributed by atoms with Crippen LogP contribution in [0.15, 0.2) is 29.5 Å². The van der Waals surface area contributed by atoms with E-state index in [0.29, 0.717) is 23.7 Å². The first kappa shape index (κ1) is 24.0. The van der Waals surface area contributed by atoms with Gasteiger partial charge in [0.25, 0.3) is 0 Å². The number of benzene rings is 1. The van der Waals surface area contributed by atoms with Gasteiger partial charge < -0.3 is 15.3 Å². The Labute approximate surface area is 198 Å². The van der Waals surface area contributed by atoms with Gasteiger partial charge in [0, 0.05) is 23.3 Å². The van der Waals surface area contributed by atoms with E-state index in [1.165, 1.54) is 18.6 Å². The van der Waals surface area contributed by atoms with Gasteiger partial charge in [0.1, 0.15) is 11.6 Å². The van der Waals surface area contributed by atoms with Crippen molar-refractivity contribution in [2.45, 2.75) is 64.8 Å². The lowest BCUT2D eigenvalue weighted by atomic mass is 9.69. The third kappa shape index (κ3) is 5.87. The van der Waals surface area contributed by atoms with E-state index in [4.69, 9.17) is 16.4 Å². The Balaban J connectivity index is 1.47. The molecule has 6 nitrogen and oxygen atoms in total. The summed E-state index contributed by atoms with van der Waals surface area (Å²) < 4.78 is 14.1. The fraction of sp³-hybridized carbons (Fsp3) is 0.600. The summed E-state index contributed by atoms with van der Waals surface area (Å²) in [6.07, 6.45) is 5.29. The number of hydrogen-bond acceptors (Lipinski definition) is 4. The van der Waals surface area contributed by atoms with Crippen molar-refractivity contribution in [2.75, 3.05) is 5.32 Å². The van der Waals surface area contributed by atoms with Crippen LogP contribution < -0.4 is 10.8 Å². The van der Waals surface area contributed by atoms with Gasteiger partial charge in [0.05, 0.1) is 18.2 Å². The highest BCUT2D eigenvalue weighted by atomic mass is 35.5. The number of carbonyl (C=O) groups excluding carboxylic acids is 1. The van der Waals surface area contributed by atoms with Gasteiger partial charge in [-0.1, -0.05) is 25.4 Å². The molecule has 3 N–H and O–H groups in total. The molecule has 4 rings (SSSR count). The second-order valence-electron chi connectivity index (χ2n) is 10.2. The molecule has 8 heteroatoms. The summed E-state index contributed by atoms with van der Waals surface area (Å²) in [7, 11) is 0. The van der Waals surface area contributed by atoms with Gasteiger partial charge in [-0.2, -0.15) is 0 Å². The van der Waals surface area contributed by atoms with Crippen LogP contribution in [0.3, 0.4) is 0 Å². The quantitative estimate of drug-likeness (QED) is 0.411. The molecule has 1 heterocycles. The zero-order valence-electron chi connectivity index (χ0n) is 19.1. The van der Waals surface area contributed by atoms with Crippen LogP contribution in [-0.4, -0.2) is 23.0 Å². The number of carboxylic acid groups (broad SMARTS) is 1. The molecule has 0 spiro atoms. The van der Waals surface area contributed by atoms with E-state index >= 15 is 0 Å². The first-order valence-corrected chi connectivity index (χ1v) is 12.2. The number of halogens is 2. The van der Waals surface area contributed by atoms with Crippen LogP contribution in [0.2, 0.25) is 5.02 Å². The molecular formula is C25H32ClFN2O4. The lowest BCUT2D eigenvalue weighted by molar-refractivity contribution is -0.138. The maximum absolute atomic E-state index is 14.1. The average Bonchev–Trinajstić information content (AvgIpc) is 3.44. The highest BCUT2D eigenvalue weighted by molar-refractivity contribution is 6.30. The Morgan fingerprint density at radius 1 is 1.24 bits per heavy atom. The Morgan fingerprint density at radius 2 is 1.97 bits per heavy atom. The highest BCUT2D eigenvalue weighted by Crippen LogP contribution is 2.51. The van der Waals surface area contributed by atoms with Crippen molar-refractivity contribution in [3.63, 3.8) is 0 Å². The third-order valence-corrected chi connectivity index (χ3v) is 7.14. The molecule has 2 unspecified atom stereocenters. The van der Waals surface area contributed by atoms with Gasteiger partial charge in [0.2, 0.25) is 5.91 Å². The van der Waals surface area contributed by atoms with Crippen LogP contribution in [0, 0.1) is 35.4 Å². The molecule has 1 aromatic rings. The number of hydrogen-bond donors (Lipinski definition) is 3. The number of carboxylic acids is 1. The number of amides is 1. The average molecular weight is 479 g/mol. The van der Waals surface area contributed by atoms with Gasteiger partial charge in [-0.3, -0.25) is 9.59 Å².